The third kappa shape index (κ3) is 4.59. The molecule has 1 rings (SSSR count). The van der Waals surface area contributed by atoms with E-state index in [0.29, 0.717) is 6.54 Å². The van der Waals surface area contributed by atoms with Crippen molar-refractivity contribution in [2.75, 3.05) is 31.1 Å². The van der Waals surface area contributed by atoms with Gasteiger partial charge in [-0.25, -0.2) is 8.42 Å². The third-order valence-electron chi connectivity index (χ3n) is 2.36. The first kappa shape index (κ1) is 12.4. The molecule has 0 bridgehead atoms. The van der Waals surface area contributed by atoms with Crippen LogP contribution in [0.1, 0.15) is 6.42 Å². The number of hydrogen-bond acceptors (Lipinski definition) is 5. The summed E-state index contributed by atoms with van der Waals surface area (Å²) < 4.78 is 22.8. The maximum absolute atomic E-state index is 11.4. The Hall–Kier alpha value is -0.660. The van der Waals surface area contributed by atoms with Gasteiger partial charge in [-0.1, -0.05) is 0 Å². The van der Waals surface area contributed by atoms with E-state index in [0.717, 1.165) is 13.1 Å². The average molecular weight is 235 g/mol. The van der Waals surface area contributed by atoms with Gasteiger partial charge in [-0.05, 0) is 0 Å². The fourth-order valence-corrected chi connectivity index (χ4v) is 2.67. The minimum absolute atomic E-state index is 0.0764. The van der Waals surface area contributed by atoms with Gasteiger partial charge in [0.2, 0.25) is 5.91 Å². The van der Waals surface area contributed by atoms with Gasteiger partial charge in [-0.15, -0.1) is 0 Å². The zero-order chi connectivity index (χ0) is 11.5. The largest absolute Gasteiger partial charge is 0.370 e. The van der Waals surface area contributed by atoms with Crippen LogP contribution in [-0.4, -0.2) is 56.4 Å². The fourth-order valence-electron chi connectivity index (χ4n) is 1.42. The lowest BCUT2D eigenvalue weighted by molar-refractivity contribution is -0.117. The number of nitrogens with zero attached hydrogens (tertiary/aromatic N) is 1. The molecule has 7 heteroatoms. The predicted molar refractivity (Wildman–Crippen MR) is 56.9 cm³/mol. The smallest absolute Gasteiger partial charge is 0.218 e. The zero-order valence-corrected chi connectivity index (χ0v) is 9.37. The summed E-state index contributed by atoms with van der Waals surface area (Å²) in [5, 5.41) is 0. The number of nitrogens with two attached hydrogens (primary N) is 2. The third-order valence-corrected chi connectivity index (χ3v) is 3.99. The van der Waals surface area contributed by atoms with Crippen LogP contribution in [0.15, 0.2) is 0 Å². The molecule has 0 atom stereocenters. The average Bonchev–Trinajstić information content (AvgIpc) is 2.08. The molecular formula is C8H17N3O3S. The van der Waals surface area contributed by atoms with E-state index in [4.69, 9.17) is 11.5 Å². The number of rotatable bonds is 6. The Morgan fingerprint density at radius 2 is 1.93 bits per heavy atom. The maximum atomic E-state index is 11.4. The van der Waals surface area contributed by atoms with Crippen LogP contribution < -0.4 is 11.5 Å². The molecule has 0 radical (unpaired) electrons. The van der Waals surface area contributed by atoms with Crippen molar-refractivity contribution in [2.24, 2.45) is 11.5 Å². The summed E-state index contributed by atoms with van der Waals surface area (Å²) in [6, 6.07) is 0.179. The van der Waals surface area contributed by atoms with Crippen LogP contribution in [0.3, 0.4) is 0 Å². The first-order valence-electron chi connectivity index (χ1n) is 4.86. The molecule has 0 aliphatic carbocycles. The van der Waals surface area contributed by atoms with E-state index in [1.165, 1.54) is 0 Å². The lowest BCUT2D eigenvalue weighted by Crippen LogP contribution is -2.56. The van der Waals surface area contributed by atoms with Gasteiger partial charge < -0.3 is 11.5 Å². The Kier molecular flexibility index (Phi) is 4.06. The second kappa shape index (κ2) is 4.91. The molecule has 0 unspecified atom stereocenters. The minimum Gasteiger partial charge on any atom is -0.370 e. The monoisotopic (exact) mass is 235 g/mol. The second-order valence-electron chi connectivity index (χ2n) is 3.89. The number of amides is 1. The van der Waals surface area contributed by atoms with Crippen molar-refractivity contribution in [2.45, 2.75) is 12.5 Å². The molecule has 0 spiro atoms. The summed E-state index contributed by atoms with van der Waals surface area (Å²) in [4.78, 5) is 12.4. The van der Waals surface area contributed by atoms with Gasteiger partial charge in [0, 0.05) is 32.1 Å². The van der Waals surface area contributed by atoms with E-state index in [1.54, 1.807) is 0 Å². The van der Waals surface area contributed by atoms with Crippen molar-refractivity contribution >= 4 is 15.7 Å². The highest BCUT2D eigenvalue weighted by atomic mass is 32.2. The molecular weight excluding hydrogens is 218 g/mol. The molecule has 15 heavy (non-hydrogen) atoms. The zero-order valence-electron chi connectivity index (χ0n) is 8.55. The van der Waals surface area contributed by atoms with Crippen LogP contribution >= 0.6 is 0 Å². The highest BCUT2D eigenvalue weighted by molar-refractivity contribution is 7.91. The van der Waals surface area contributed by atoms with Gasteiger partial charge >= 0.3 is 0 Å². The number of hydrogen-bond donors (Lipinski definition) is 2. The number of sulfone groups is 1. The fraction of sp³-hybridized carbons (Fsp3) is 0.875. The van der Waals surface area contributed by atoms with Gasteiger partial charge in [-0.3, -0.25) is 9.69 Å². The number of carbonyl (C=O) groups is 1. The first-order valence-corrected chi connectivity index (χ1v) is 6.68. The topological polar surface area (TPSA) is 106 Å². The van der Waals surface area contributed by atoms with Crippen molar-refractivity contribution in [1.82, 2.24) is 4.90 Å². The standard InChI is InChI=1S/C8H17N3O3S/c9-7-5-11(6-7)2-4-15(13,14)3-1-8(10)12/h7H,1-6,9H2,(H2,10,12). The molecule has 1 fully saturated rings. The second-order valence-corrected chi connectivity index (χ2v) is 6.19. The van der Waals surface area contributed by atoms with Gasteiger partial charge in [0.1, 0.15) is 0 Å². The number of likely N-dealkylation sites (tertiary alicyclic amines) is 1. The van der Waals surface area contributed by atoms with Gasteiger partial charge in [-0.2, -0.15) is 0 Å². The highest BCUT2D eigenvalue weighted by Gasteiger charge is 2.24. The van der Waals surface area contributed by atoms with E-state index in [9.17, 15) is 13.2 Å². The molecule has 88 valence electrons. The SMILES string of the molecule is NC(=O)CCS(=O)(=O)CCN1CC(N)C1. The number of carbonyl (C=O) groups excluding carboxylic acids is 1. The summed E-state index contributed by atoms with van der Waals surface area (Å²) in [7, 11) is -3.15. The maximum Gasteiger partial charge on any atom is 0.218 e. The summed E-state index contributed by atoms with van der Waals surface area (Å²) >= 11 is 0. The molecule has 1 saturated heterocycles. The summed E-state index contributed by atoms with van der Waals surface area (Å²) in [6.45, 7) is 2.01. The predicted octanol–water partition coefficient (Wildman–Crippen LogP) is -2.08. The molecule has 0 aromatic heterocycles. The molecule has 1 aliphatic rings. The van der Waals surface area contributed by atoms with E-state index < -0.39 is 15.7 Å². The summed E-state index contributed by atoms with van der Waals surface area (Å²) in [5.74, 6) is -0.653. The van der Waals surface area contributed by atoms with Gasteiger partial charge in [0.25, 0.3) is 0 Å². The Morgan fingerprint density at radius 3 is 2.40 bits per heavy atom. The van der Waals surface area contributed by atoms with Gasteiger partial charge in [0.15, 0.2) is 9.84 Å². The Morgan fingerprint density at radius 1 is 1.33 bits per heavy atom. The highest BCUT2D eigenvalue weighted by Crippen LogP contribution is 2.05. The molecule has 1 heterocycles. The van der Waals surface area contributed by atoms with Crippen molar-refractivity contribution in [3.8, 4) is 0 Å². The van der Waals surface area contributed by atoms with Crippen molar-refractivity contribution in [1.29, 1.82) is 0 Å². The number of primary amides is 1. The van der Waals surface area contributed by atoms with Crippen LogP contribution in [-0.2, 0) is 14.6 Å². The molecule has 0 saturated carbocycles. The Bertz CT molecular complexity index is 322. The van der Waals surface area contributed by atoms with Crippen molar-refractivity contribution < 1.29 is 13.2 Å². The van der Waals surface area contributed by atoms with Crippen LogP contribution in [0, 0.1) is 0 Å². The molecule has 1 amide bonds. The molecule has 1 aliphatic heterocycles. The van der Waals surface area contributed by atoms with Crippen molar-refractivity contribution in [3.63, 3.8) is 0 Å². The van der Waals surface area contributed by atoms with E-state index >= 15 is 0 Å². The Balaban J connectivity index is 2.21. The van der Waals surface area contributed by atoms with Crippen molar-refractivity contribution in [3.05, 3.63) is 0 Å². The van der Waals surface area contributed by atoms with Crippen LogP contribution in [0.5, 0.6) is 0 Å². The first-order chi connectivity index (χ1) is 6.89. The Labute approximate surface area is 89.5 Å². The van der Waals surface area contributed by atoms with E-state index in [1.807, 2.05) is 4.90 Å². The summed E-state index contributed by atoms with van der Waals surface area (Å²) in [6.07, 6.45) is -0.0954. The van der Waals surface area contributed by atoms with Crippen LogP contribution in [0.4, 0.5) is 0 Å². The molecule has 6 nitrogen and oxygen atoms in total. The molecule has 0 aromatic rings. The normalized spacial score (nSPS) is 18.7. The summed E-state index contributed by atoms with van der Waals surface area (Å²) in [5.41, 5.74) is 10.4. The van der Waals surface area contributed by atoms with Gasteiger partial charge in [0.05, 0.1) is 11.5 Å². The lowest BCUT2D eigenvalue weighted by Gasteiger charge is -2.36. The minimum atomic E-state index is -3.15. The van der Waals surface area contributed by atoms with E-state index in [2.05, 4.69) is 0 Å². The molecule has 0 aromatic carbocycles. The molecule has 4 N–H and O–H groups in total. The van der Waals surface area contributed by atoms with Crippen LogP contribution in [0.25, 0.3) is 0 Å². The lowest BCUT2D eigenvalue weighted by atomic mass is 10.1. The quantitative estimate of drug-likeness (QED) is 0.549. The van der Waals surface area contributed by atoms with Crippen LogP contribution in [0.2, 0.25) is 0 Å². The van der Waals surface area contributed by atoms with E-state index in [-0.39, 0.29) is 24.0 Å².